The first-order valence-corrected chi connectivity index (χ1v) is 5.83. The molecule has 7 heteroatoms. The summed E-state index contributed by atoms with van der Waals surface area (Å²) in [6, 6.07) is 3.13. The number of hydrogen-bond donors (Lipinski definition) is 1. The first-order chi connectivity index (χ1) is 6.59. The SMILES string of the molecule is COc1ncccc1NS(=O)(=O)CCl. The standard InChI is InChI=1S/C7H9ClN2O3S/c1-13-7-6(3-2-4-9-7)10-14(11,12)5-8/h2-4,10H,5H2,1H3. The molecule has 0 atom stereocenters. The number of rotatable bonds is 4. The van der Waals surface area contributed by atoms with Crippen LogP contribution in [0.2, 0.25) is 0 Å². The third-order valence-corrected chi connectivity index (χ3v) is 3.05. The van der Waals surface area contributed by atoms with E-state index in [1.165, 1.54) is 19.4 Å². The fraction of sp³-hybridized carbons (Fsp3) is 0.286. The minimum atomic E-state index is -3.51. The molecule has 0 aliphatic rings. The lowest BCUT2D eigenvalue weighted by atomic mass is 10.4. The molecule has 1 aromatic heterocycles. The predicted octanol–water partition coefficient (Wildman–Crippen LogP) is 1.03. The van der Waals surface area contributed by atoms with Crippen LogP contribution in [0.3, 0.4) is 0 Å². The summed E-state index contributed by atoms with van der Waals surface area (Å²) in [4.78, 5) is 3.82. The first kappa shape index (κ1) is 11.1. The molecule has 1 N–H and O–H groups in total. The Morgan fingerprint density at radius 1 is 1.64 bits per heavy atom. The van der Waals surface area contributed by atoms with Crippen LogP contribution in [0.5, 0.6) is 5.88 Å². The quantitative estimate of drug-likeness (QED) is 0.793. The topological polar surface area (TPSA) is 68.3 Å². The molecule has 0 amide bonds. The summed E-state index contributed by atoms with van der Waals surface area (Å²) in [6.45, 7) is 0. The van der Waals surface area contributed by atoms with Gasteiger partial charge in [0.1, 0.15) is 10.9 Å². The lowest BCUT2D eigenvalue weighted by Gasteiger charge is -2.08. The zero-order valence-electron chi connectivity index (χ0n) is 7.40. The van der Waals surface area contributed by atoms with Crippen molar-refractivity contribution >= 4 is 27.3 Å². The number of ether oxygens (including phenoxy) is 1. The van der Waals surface area contributed by atoms with Crippen LogP contribution >= 0.6 is 11.6 Å². The smallest absolute Gasteiger partial charge is 0.246 e. The summed E-state index contributed by atoms with van der Waals surface area (Å²) >= 11 is 5.23. The second-order valence-corrected chi connectivity index (χ2v) is 4.69. The number of halogens is 1. The zero-order valence-corrected chi connectivity index (χ0v) is 8.97. The molecule has 0 fully saturated rings. The van der Waals surface area contributed by atoms with Crippen molar-refractivity contribution in [2.24, 2.45) is 0 Å². The third kappa shape index (κ3) is 2.74. The summed E-state index contributed by atoms with van der Waals surface area (Å²) in [5.74, 6) is 0.209. The van der Waals surface area contributed by atoms with Crippen LogP contribution in [0.15, 0.2) is 18.3 Å². The average Bonchev–Trinajstić information content (AvgIpc) is 2.18. The maximum absolute atomic E-state index is 11.1. The third-order valence-electron chi connectivity index (χ3n) is 1.37. The Balaban J connectivity index is 2.97. The van der Waals surface area contributed by atoms with Gasteiger partial charge in [0.05, 0.1) is 7.11 Å². The van der Waals surface area contributed by atoms with Crippen molar-refractivity contribution < 1.29 is 13.2 Å². The minimum absolute atomic E-state index is 0.209. The highest BCUT2D eigenvalue weighted by atomic mass is 35.5. The number of nitrogens with one attached hydrogen (secondary N) is 1. The van der Waals surface area contributed by atoms with Gasteiger partial charge in [0.15, 0.2) is 0 Å². The van der Waals surface area contributed by atoms with Gasteiger partial charge in [-0.15, -0.1) is 11.6 Å². The molecule has 0 saturated heterocycles. The maximum Gasteiger partial charge on any atom is 0.246 e. The predicted molar refractivity (Wildman–Crippen MR) is 54.1 cm³/mol. The Hall–Kier alpha value is -1.01. The van der Waals surface area contributed by atoms with Gasteiger partial charge in [-0.05, 0) is 12.1 Å². The fourth-order valence-corrected chi connectivity index (χ4v) is 1.53. The number of methoxy groups -OCH3 is 1. The second-order valence-electron chi connectivity index (χ2n) is 2.39. The second kappa shape index (κ2) is 4.47. The van der Waals surface area contributed by atoms with Gasteiger partial charge in [0.25, 0.3) is 0 Å². The van der Waals surface area contributed by atoms with Crippen LogP contribution in [0.25, 0.3) is 0 Å². The van der Waals surface area contributed by atoms with E-state index >= 15 is 0 Å². The van der Waals surface area contributed by atoms with E-state index in [0.29, 0.717) is 0 Å². The molecular formula is C7H9ClN2O3S. The van der Waals surface area contributed by atoms with Crippen molar-refractivity contribution in [3.63, 3.8) is 0 Å². The number of anilines is 1. The molecule has 0 aromatic carbocycles. The van der Waals surface area contributed by atoms with Crippen LogP contribution in [0.4, 0.5) is 5.69 Å². The van der Waals surface area contributed by atoms with Gasteiger partial charge in [0, 0.05) is 6.20 Å². The van der Waals surface area contributed by atoms with E-state index in [9.17, 15) is 8.42 Å². The van der Waals surface area contributed by atoms with E-state index in [1.807, 2.05) is 0 Å². The van der Waals surface area contributed by atoms with Gasteiger partial charge in [-0.1, -0.05) is 0 Å². The zero-order chi connectivity index (χ0) is 10.6. The first-order valence-electron chi connectivity index (χ1n) is 3.64. The van der Waals surface area contributed by atoms with E-state index < -0.39 is 15.2 Å². The van der Waals surface area contributed by atoms with Crippen LogP contribution in [-0.2, 0) is 10.0 Å². The molecule has 0 bridgehead atoms. The number of nitrogens with zero attached hydrogens (tertiary/aromatic N) is 1. The molecule has 0 aliphatic heterocycles. The Labute approximate surface area is 87.1 Å². The molecular weight excluding hydrogens is 228 g/mol. The maximum atomic E-state index is 11.1. The number of hydrogen-bond acceptors (Lipinski definition) is 4. The summed E-state index contributed by atoms with van der Waals surface area (Å²) in [5, 5.41) is -0.509. The van der Waals surface area contributed by atoms with E-state index in [0.717, 1.165) is 0 Å². The molecule has 0 radical (unpaired) electrons. The highest BCUT2D eigenvalue weighted by molar-refractivity contribution is 7.93. The Morgan fingerprint density at radius 3 is 2.93 bits per heavy atom. The number of sulfonamides is 1. The van der Waals surface area contributed by atoms with E-state index in [4.69, 9.17) is 16.3 Å². The Bertz CT molecular complexity index is 407. The number of aromatic nitrogens is 1. The highest BCUT2D eigenvalue weighted by Crippen LogP contribution is 2.21. The van der Waals surface area contributed by atoms with Crippen LogP contribution in [-0.4, -0.2) is 25.7 Å². The minimum Gasteiger partial charge on any atom is -0.480 e. The number of pyridine rings is 1. The van der Waals surface area contributed by atoms with Gasteiger partial charge in [-0.2, -0.15) is 0 Å². The monoisotopic (exact) mass is 236 g/mol. The largest absolute Gasteiger partial charge is 0.480 e. The molecule has 0 unspecified atom stereocenters. The Kier molecular flexibility index (Phi) is 3.54. The van der Waals surface area contributed by atoms with Crippen LogP contribution < -0.4 is 9.46 Å². The molecule has 1 aromatic rings. The van der Waals surface area contributed by atoms with Crippen molar-refractivity contribution in [1.29, 1.82) is 0 Å². The van der Waals surface area contributed by atoms with Gasteiger partial charge >= 0.3 is 0 Å². The summed E-state index contributed by atoms with van der Waals surface area (Å²) in [7, 11) is -2.11. The summed E-state index contributed by atoms with van der Waals surface area (Å²) in [6.07, 6.45) is 1.50. The molecule has 5 nitrogen and oxygen atoms in total. The molecule has 1 rings (SSSR count). The molecule has 0 saturated carbocycles. The van der Waals surface area contributed by atoms with E-state index in [-0.39, 0.29) is 11.6 Å². The van der Waals surface area contributed by atoms with Gasteiger partial charge in [-0.3, -0.25) is 4.72 Å². The molecule has 0 spiro atoms. The van der Waals surface area contributed by atoms with Gasteiger partial charge < -0.3 is 4.74 Å². The average molecular weight is 237 g/mol. The highest BCUT2D eigenvalue weighted by Gasteiger charge is 2.11. The normalized spacial score (nSPS) is 11.0. The van der Waals surface area contributed by atoms with Crippen LogP contribution in [0, 0.1) is 0 Å². The van der Waals surface area contributed by atoms with Crippen molar-refractivity contribution in [2.45, 2.75) is 0 Å². The van der Waals surface area contributed by atoms with Crippen molar-refractivity contribution in [2.75, 3.05) is 17.0 Å². The molecule has 78 valence electrons. The van der Waals surface area contributed by atoms with Gasteiger partial charge in [0.2, 0.25) is 15.9 Å². The van der Waals surface area contributed by atoms with Crippen molar-refractivity contribution in [3.05, 3.63) is 18.3 Å². The van der Waals surface area contributed by atoms with Crippen molar-refractivity contribution in [3.8, 4) is 5.88 Å². The van der Waals surface area contributed by atoms with Crippen LogP contribution in [0.1, 0.15) is 0 Å². The Morgan fingerprint density at radius 2 is 2.36 bits per heavy atom. The molecule has 1 heterocycles. The summed E-state index contributed by atoms with van der Waals surface area (Å²) in [5.41, 5.74) is 0.274. The van der Waals surface area contributed by atoms with E-state index in [1.54, 1.807) is 6.07 Å². The summed E-state index contributed by atoms with van der Waals surface area (Å²) < 4.78 is 29.3. The molecule has 14 heavy (non-hydrogen) atoms. The number of alkyl halides is 1. The lowest BCUT2D eigenvalue weighted by Crippen LogP contribution is -2.14. The van der Waals surface area contributed by atoms with Crippen molar-refractivity contribution in [1.82, 2.24) is 4.98 Å². The fourth-order valence-electron chi connectivity index (χ4n) is 0.826. The molecule has 0 aliphatic carbocycles. The van der Waals surface area contributed by atoms with E-state index in [2.05, 4.69) is 9.71 Å². The van der Waals surface area contributed by atoms with Gasteiger partial charge in [-0.25, -0.2) is 13.4 Å². The lowest BCUT2D eigenvalue weighted by molar-refractivity contribution is 0.400.